The Morgan fingerprint density at radius 2 is 2.05 bits per heavy atom. The van der Waals surface area contributed by atoms with Gasteiger partial charge in [-0.05, 0) is 49.5 Å². The van der Waals surface area contributed by atoms with E-state index in [1.807, 2.05) is 6.07 Å². The van der Waals surface area contributed by atoms with Crippen molar-refractivity contribution in [2.24, 2.45) is 5.92 Å². The Labute approximate surface area is 132 Å². The van der Waals surface area contributed by atoms with E-state index < -0.39 is 9.84 Å². The van der Waals surface area contributed by atoms with Crippen molar-refractivity contribution in [3.63, 3.8) is 0 Å². The van der Waals surface area contributed by atoms with Gasteiger partial charge in [0.2, 0.25) is 0 Å². The fourth-order valence-electron chi connectivity index (χ4n) is 2.71. The van der Waals surface area contributed by atoms with Crippen LogP contribution in [-0.4, -0.2) is 33.8 Å². The minimum atomic E-state index is -3.26. The van der Waals surface area contributed by atoms with Gasteiger partial charge in [-0.2, -0.15) is 0 Å². The topological polar surface area (TPSA) is 58.2 Å². The molecule has 1 heterocycles. The molecule has 0 aliphatic carbocycles. The molecule has 2 rings (SSSR count). The molecule has 0 aromatic heterocycles. The quantitative estimate of drug-likeness (QED) is 0.888. The van der Waals surface area contributed by atoms with E-state index >= 15 is 0 Å². The highest BCUT2D eigenvalue weighted by Crippen LogP contribution is 2.23. The summed E-state index contributed by atoms with van der Waals surface area (Å²) in [5.41, 5.74) is 1.01. The third-order valence-electron chi connectivity index (χ3n) is 4.06. The van der Waals surface area contributed by atoms with E-state index in [1.165, 1.54) is 12.7 Å². The molecule has 0 spiro atoms. The second-order valence-corrected chi connectivity index (χ2v) is 8.22. The van der Waals surface area contributed by atoms with Crippen molar-refractivity contribution < 1.29 is 8.42 Å². The Morgan fingerprint density at radius 1 is 1.33 bits per heavy atom. The van der Waals surface area contributed by atoms with Crippen LogP contribution in [0.25, 0.3) is 0 Å². The highest BCUT2D eigenvalue weighted by molar-refractivity contribution is 7.90. The summed E-state index contributed by atoms with van der Waals surface area (Å²) in [7, 11) is -3.26. The smallest absolute Gasteiger partial charge is 0.176 e. The van der Waals surface area contributed by atoms with E-state index in [2.05, 4.69) is 17.6 Å². The Balaban J connectivity index is 2.02. The monoisotopic (exact) mass is 330 g/mol. The molecule has 0 amide bonds. The van der Waals surface area contributed by atoms with Gasteiger partial charge in [0.1, 0.15) is 0 Å². The van der Waals surface area contributed by atoms with Gasteiger partial charge in [-0.3, -0.25) is 0 Å². The first-order valence-corrected chi connectivity index (χ1v) is 9.57. The molecule has 1 aromatic rings. The molecule has 2 N–H and O–H groups in total. The molecule has 0 bridgehead atoms. The summed E-state index contributed by atoms with van der Waals surface area (Å²) in [6.45, 7) is 5.09. The molecular weight excluding hydrogens is 308 g/mol. The first-order chi connectivity index (χ1) is 9.88. The van der Waals surface area contributed by atoms with Gasteiger partial charge in [0.25, 0.3) is 0 Å². The summed E-state index contributed by atoms with van der Waals surface area (Å²) >= 11 is 6.07. The van der Waals surface area contributed by atoms with E-state index in [-0.39, 0.29) is 4.90 Å². The molecule has 4 nitrogen and oxygen atoms in total. The second kappa shape index (κ2) is 7.09. The normalized spacial score (nSPS) is 23.8. The Morgan fingerprint density at radius 3 is 2.71 bits per heavy atom. The molecule has 0 saturated carbocycles. The number of halogens is 1. The van der Waals surface area contributed by atoms with Crippen LogP contribution in [0.1, 0.15) is 25.3 Å². The number of rotatable bonds is 4. The third kappa shape index (κ3) is 4.68. The van der Waals surface area contributed by atoms with Crippen molar-refractivity contribution in [1.29, 1.82) is 0 Å². The van der Waals surface area contributed by atoms with Gasteiger partial charge in [-0.25, -0.2) is 8.42 Å². The SMILES string of the molecule is CC1CCNCCC1NCc1ccc(S(C)(=O)=O)c(Cl)c1. The fraction of sp³-hybridized carbons (Fsp3) is 0.600. The van der Waals surface area contributed by atoms with Crippen molar-refractivity contribution >= 4 is 21.4 Å². The molecular formula is C15H23ClN2O2S. The summed E-state index contributed by atoms with van der Waals surface area (Å²) in [5.74, 6) is 0.630. The summed E-state index contributed by atoms with van der Waals surface area (Å²) in [6.07, 6.45) is 3.45. The van der Waals surface area contributed by atoms with E-state index in [9.17, 15) is 8.42 Å². The number of sulfone groups is 1. The van der Waals surface area contributed by atoms with Gasteiger partial charge in [0.05, 0.1) is 9.92 Å². The zero-order valence-electron chi connectivity index (χ0n) is 12.5. The van der Waals surface area contributed by atoms with Crippen LogP contribution in [0.3, 0.4) is 0 Å². The first-order valence-electron chi connectivity index (χ1n) is 7.30. The van der Waals surface area contributed by atoms with Crippen LogP contribution in [-0.2, 0) is 16.4 Å². The van der Waals surface area contributed by atoms with Crippen molar-refractivity contribution in [3.05, 3.63) is 28.8 Å². The van der Waals surface area contributed by atoms with Crippen molar-refractivity contribution in [2.45, 2.75) is 37.2 Å². The molecule has 21 heavy (non-hydrogen) atoms. The molecule has 2 unspecified atom stereocenters. The van der Waals surface area contributed by atoms with Crippen molar-refractivity contribution in [3.8, 4) is 0 Å². The van der Waals surface area contributed by atoms with Crippen LogP contribution >= 0.6 is 11.6 Å². The second-order valence-electron chi connectivity index (χ2n) is 5.83. The maximum Gasteiger partial charge on any atom is 0.176 e. The van der Waals surface area contributed by atoms with E-state index in [4.69, 9.17) is 11.6 Å². The predicted octanol–water partition coefficient (Wildman–Crippen LogP) is 2.22. The molecule has 2 atom stereocenters. The number of hydrogen-bond donors (Lipinski definition) is 2. The molecule has 118 valence electrons. The minimum absolute atomic E-state index is 0.194. The van der Waals surface area contributed by atoms with Gasteiger partial charge in [0.15, 0.2) is 9.84 Å². The molecule has 1 aromatic carbocycles. The Kier molecular flexibility index (Phi) is 5.66. The fourth-order valence-corrected chi connectivity index (χ4v) is 4.06. The summed E-state index contributed by atoms with van der Waals surface area (Å²) in [6, 6.07) is 5.64. The zero-order chi connectivity index (χ0) is 15.5. The molecule has 1 fully saturated rings. The van der Waals surface area contributed by atoms with Gasteiger partial charge in [-0.1, -0.05) is 24.6 Å². The summed E-state index contributed by atoms with van der Waals surface area (Å²) in [4.78, 5) is 0.194. The average Bonchev–Trinajstić information content (AvgIpc) is 2.59. The van der Waals surface area contributed by atoms with Gasteiger partial charge < -0.3 is 10.6 Å². The van der Waals surface area contributed by atoms with Crippen molar-refractivity contribution in [2.75, 3.05) is 19.3 Å². The number of hydrogen-bond acceptors (Lipinski definition) is 4. The standard InChI is InChI=1S/C15H23ClN2O2S/c1-11-5-7-17-8-6-14(11)18-10-12-3-4-15(13(16)9-12)21(2,19)20/h3-4,9,11,14,17-18H,5-8,10H2,1-2H3. The molecule has 6 heteroatoms. The van der Waals surface area contributed by atoms with Gasteiger partial charge >= 0.3 is 0 Å². The maximum atomic E-state index is 11.5. The lowest BCUT2D eigenvalue weighted by Crippen LogP contribution is -2.34. The van der Waals surface area contributed by atoms with E-state index in [0.717, 1.165) is 25.1 Å². The Bertz CT molecular complexity index is 589. The van der Waals surface area contributed by atoms with Crippen LogP contribution < -0.4 is 10.6 Å². The van der Waals surface area contributed by atoms with Crippen LogP contribution in [0, 0.1) is 5.92 Å². The van der Waals surface area contributed by atoms with Crippen LogP contribution in [0.5, 0.6) is 0 Å². The first kappa shape index (κ1) is 16.7. The van der Waals surface area contributed by atoms with Crippen LogP contribution in [0.2, 0.25) is 5.02 Å². The number of benzene rings is 1. The van der Waals surface area contributed by atoms with E-state index in [1.54, 1.807) is 12.1 Å². The third-order valence-corrected chi connectivity index (χ3v) is 5.64. The predicted molar refractivity (Wildman–Crippen MR) is 86.5 cm³/mol. The highest BCUT2D eigenvalue weighted by Gasteiger charge is 2.19. The lowest BCUT2D eigenvalue weighted by atomic mass is 9.97. The average molecular weight is 331 g/mol. The maximum absolute atomic E-state index is 11.5. The largest absolute Gasteiger partial charge is 0.317 e. The highest BCUT2D eigenvalue weighted by atomic mass is 35.5. The molecule has 1 aliphatic heterocycles. The molecule has 0 radical (unpaired) electrons. The van der Waals surface area contributed by atoms with Crippen molar-refractivity contribution in [1.82, 2.24) is 10.6 Å². The lowest BCUT2D eigenvalue weighted by Gasteiger charge is -2.22. The number of nitrogens with one attached hydrogen (secondary N) is 2. The van der Waals surface area contributed by atoms with Gasteiger partial charge in [-0.15, -0.1) is 0 Å². The van der Waals surface area contributed by atoms with E-state index in [0.29, 0.717) is 23.5 Å². The van der Waals surface area contributed by atoms with Crippen LogP contribution in [0.15, 0.2) is 23.1 Å². The van der Waals surface area contributed by atoms with Crippen LogP contribution in [0.4, 0.5) is 0 Å². The summed E-state index contributed by atoms with van der Waals surface area (Å²) in [5, 5.41) is 7.27. The minimum Gasteiger partial charge on any atom is -0.317 e. The lowest BCUT2D eigenvalue weighted by molar-refractivity contribution is 0.364. The van der Waals surface area contributed by atoms with Gasteiger partial charge in [0, 0.05) is 18.8 Å². The summed E-state index contributed by atoms with van der Waals surface area (Å²) < 4.78 is 23.1. The molecule has 1 aliphatic rings. The molecule has 1 saturated heterocycles. The Hall–Kier alpha value is -0.620. The zero-order valence-corrected chi connectivity index (χ0v) is 14.1.